The van der Waals surface area contributed by atoms with Crippen LogP contribution in [0.1, 0.15) is 38.5 Å². The molecular weight excluding hydrogens is 229 g/mol. The van der Waals surface area contributed by atoms with Crippen molar-refractivity contribution in [3.63, 3.8) is 0 Å². The van der Waals surface area contributed by atoms with Gasteiger partial charge in [0.05, 0.1) is 5.92 Å². The van der Waals surface area contributed by atoms with E-state index in [4.69, 9.17) is 5.73 Å². The van der Waals surface area contributed by atoms with Gasteiger partial charge in [0.25, 0.3) is 0 Å². The first-order valence-corrected chi connectivity index (χ1v) is 6.53. The third-order valence-corrected chi connectivity index (χ3v) is 4.25. The van der Waals surface area contributed by atoms with Crippen molar-refractivity contribution in [1.29, 1.82) is 0 Å². The molecule has 0 radical (unpaired) electrons. The number of alkyl halides is 3. The van der Waals surface area contributed by atoms with E-state index in [1.807, 2.05) is 0 Å². The molecule has 1 aliphatic heterocycles. The lowest BCUT2D eigenvalue weighted by Gasteiger charge is -2.40. The van der Waals surface area contributed by atoms with Crippen molar-refractivity contribution in [2.75, 3.05) is 13.1 Å². The van der Waals surface area contributed by atoms with Gasteiger partial charge in [-0.15, -0.1) is 0 Å². The van der Waals surface area contributed by atoms with Crippen LogP contribution in [0.4, 0.5) is 13.2 Å². The normalized spacial score (nSPS) is 33.9. The monoisotopic (exact) mass is 250 g/mol. The maximum absolute atomic E-state index is 12.5. The van der Waals surface area contributed by atoms with Gasteiger partial charge in [0, 0.05) is 12.1 Å². The van der Waals surface area contributed by atoms with E-state index in [9.17, 15) is 13.2 Å². The lowest BCUT2D eigenvalue weighted by atomic mass is 9.84. The van der Waals surface area contributed by atoms with Crippen molar-refractivity contribution in [3.05, 3.63) is 0 Å². The number of halogens is 3. The zero-order chi connectivity index (χ0) is 12.5. The maximum Gasteiger partial charge on any atom is 0.391 e. The molecule has 1 aliphatic carbocycles. The summed E-state index contributed by atoms with van der Waals surface area (Å²) in [7, 11) is 0. The van der Waals surface area contributed by atoms with Crippen molar-refractivity contribution < 1.29 is 13.2 Å². The van der Waals surface area contributed by atoms with E-state index in [1.165, 1.54) is 0 Å². The van der Waals surface area contributed by atoms with Gasteiger partial charge >= 0.3 is 6.18 Å². The van der Waals surface area contributed by atoms with Gasteiger partial charge in [-0.1, -0.05) is 0 Å². The van der Waals surface area contributed by atoms with Gasteiger partial charge in [-0.3, -0.25) is 0 Å². The van der Waals surface area contributed by atoms with Crippen molar-refractivity contribution in [2.45, 2.75) is 56.8 Å². The van der Waals surface area contributed by atoms with Crippen LogP contribution in [0.15, 0.2) is 0 Å². The van der Waals surface area contributed by atoms with Crippen LogP contribution in [-0.2, 0) is 0 Å². The van der Waals surface area contributed by atoms with Crippen LogP contribution in [0.25, 0.3) is 0 Å². The molecule has 2 aliphatic rings. The van der Waals surface area contributed by atoms with Crippen LogP contribution in [0.2, 0.25) is 0 Å². The first-order valence-electron chi connectivity index (χ1n) is 6.53. The Hall–Kier alpha value is -0.290. The Morgan fingerprint density at radius 1 is 0.882 bits per heavy atom. The summed E-state index contributed by atoms with van der Waals surface area (Å²) in [4.78, 5) is 2.34. The van der Waals surface area contributed by atoms with E-state index in [-0.39, 0.29) is 6.04 Å². The molecule has 2 fully saturated rings. The summed E-state index contributed by atoms with van der Waals surface area (Å²) >= 11 is 0. The average molecular weight is 250 g/mol. The highest BCUT2D eigenvalue weighted by atomic mass is 19.4. The number of rotatable bonds is 1. The Labute approximate surface area is 100 Å². The fourth-order valence-electron chi connectivity index (χ4n) is 3.05. The van der Waals surface area contributed by atoms with Gasteiger partial charge < -0.3 is 10.6 Å². The Morgan fingerprint density at radius 3 is 1.88 bits per heavy atom. The smallest absolute Gasteiger partial charge is 0.328 e. The Morgan fingerprint density at radius 2 is 1.41 bits per heavy atom. The highest BCUT2D eigenvalue weighted by molar-refractivity contribution is 4.85. The van der Waals surface area contributed by atoms with E-state index < -0.39 is 12.1 Å². The standard InChI is InChI=1S/C12H21F3N2/c13-12(14,15)9-1-3-11(4-2-9)17-7-5-10(16)6-8-17/h9-11H,1-8,16H2. The van der Waals surface area contributed by atoms with Crippen LogP contribution in [0.5, 0.6) is 0 Å². The van der Waals surface area contributed by atoms with Gasteiger partial charge in [0.2, 0.25) is 0 Å². The highest BCUT2D eigenvalue weighted by Gasteiger charge is 2.42. The molecule has 17 heavy (non-hydrogen) atoms. The largest absolute Gasteiger partial charge is 0.391 e. The molecule has 2 rings (SSSR count). The molecule has 0 aromatic carbocycles. The van der Waals surface area contributed by atoms with Crippen molar-refractivity contribution in [3.8, 4) is 0 Å². The molecule has 2 N–H and O–H groups in total. The summed E-state index contributed by atoms with van der Waals surface area (Å²) in [5.41, 5.74) is 5.83. The fourth-order valence-corrected chi connectivity index (χ4v) is 3.05. The Balaban J connectivity index is 1.79. The predicted octanol–water partition coefficient (Wildman–Crippen LogP) is 2.53. The predicted molar refractivity (Wildman–Crippen MR) is 60.6 cm³/mol. The molecule has 0 spiro atoms. The number of nitrogens with two attached hydrogens (primary N) is 1. The Bertz CT molecular complexity index is 239. The molecule has 100 valence electrons. The minimum absolute atomic E-state index is 0.290. The van der Waals surface area contributed by atoms with Gasteiger partial charge in [0.15, 0.2) is 0 Å². The second-order valence-electron chi connectivity index (χ2n) is 5.42. The van der Waals surface area contributed by atoms with Crippen LogP contribution >= 0.6 is 0 Å². The first-order chi connectivity index (χ1) is 7.97. The SMILES string of the molecule is NC1CCN(C2CCC(C(F)(F)F)CC2)CC1. The summed E-state index contributed by atoms with van der Waals surface area (Å²) in [5, 5.41) is 0. The first kappa shape index (κ1) is 13.1. The van der Waals surface area contributed by atoms with E-state index in [0.29, 0.717) is 31.7 Å². The zero-order valence-electron chi connectivity index (χ0n) is 10.0. The lowest BCUT2D eigenvalue weighted by molar-refractivity contribution is -0.184. The number of nitrogens with zero attached hydrogens (tertiary/aromatic N) is 1. The number of hydrogen-bond donors (Lipinski definition) is 1. The van der Waals surface area contributed by atoms with Crippen molar-refractivity contribution in [2.24, 2.45) is 11.7 Å². The molecular formula is C12H21F3N2. The molecule has 2 nitrogen and oxygen atoms in total. The molecule has 0 aromatic rings. The van der Waals surface area contributed by atoms with Crippen LogP contribution in [-0.4, -0.2) is 36.2 Å². The topological polar surface area (TPSA) is 29.3 Å². The van der Waals surface area contributed by atoms with E-state index in [0.717, 1.165) is 25.9 Å². The van der Waals surface area contributed by atoms with E-state index >= 15 is 0 Å². The quantitative estimate of drug-likeness (QED) is 0.775. The minimum atomic E-state index is -3.99. The summed E-state index contributed by atoms with van der Waals surface area (Å²) in [6.45, 7) is 1.92. The molecule has 0 bridgehead atoms. The lowest BCUT2D eigenvalue weighted by Crippen LogP contribution is -2.47. The summed E-state index contributed by atoms with van der Waals surface area (Å²) in [5.74, 6) is -1.06. The molecule has 1 saturated heterocycles. The van der Waals surface area contributed by atoms with Crippen LogP contribution in [0, 0.1) is 5.92 Å². The molecule has 1 heterocycles. The summed E-state index contributed by atoms with van der Waals surface area (Å²) in [6.07, 6.45) is -0.0279. The van der Waals surface area contributed by atoms with Crippen molar-refractivity contribution in [1.82, 2.24) is 4.90 Å². The van der Waals surface area contributed by atoms with E-state index in [2.05, 4.69) is 4.90 Å². The molecule has 0 unspecified atom stereocenters. The Kier molecular flexibility index (Phi) is 3.98. The minimum Gasteiger partial charge on any atom is -0.328 e. The number of hydrogen-bond acceptors (Lipinski definition) is 2. The maximum atomic E-state index is 12.5. The molecule has 1 saturated carbocycles. The van der Waals surface area contributed by atoms with Crippen molar-refractivity contribution >= 4 is 0 Å². The number of likely N-dealkylation sites (tertiary alicyclic amines) is 1. The van der Waals surface area contributed by atoms with Crippen LogP contribution < -0.4 is 5.73 Å². The summed E-state index contributed by atoms with van der Waals surface area (Å²) in [6, 6.07) is 0.652. The molecule has 0 amide bonds. The second kappa shape index (κ2) is 5.14. The fraction of sp³-hybridized carbons (Fsp3) is 1.00. The third-order valence-electron chi connectivity index (χ3n) is 4.25. The van der Waals surface area contributed by atoms with E-state index in [1.54, 1.807) is 0 Å². The third kappa shape index (κ3) is 3.35. The molecule has 0 atom stereocenters. The van der Waals surface area contributed by atoms with Gasteiger partial charge in [-0.25, -0.2) is 0 Å². The average Bonchev–Trinajstić information content (AvgIpc) is 2.29. The number of piperidine rings is 1. The molecule has 5 heteroatoms. The second-order valence-corrected chi connectivity index (χ2v) is 5.42. The molecule has 0 aromatic heterocycles. The highest BCUT2D eigenvalue weighted by Crippen LogP contribution is 2.39. The van der Waals surface area contributed by atoms with Gasteiger partial charge in [-0.2, -0.15) is 13.2 Å². The van der Waals surface area contributed by atoms with Gasteiger partial charge in [0.1, 0.15) is 0 Å². The van der Waals surface area contributed by atoms with Crippen LogP contribution in [0.3, 0.4) is 0 Å². The summed E-state index contributed by atoms with van der Waals surface area (Å²) < 4.78 is 37.6. The zero-order valence-corrected chi connectivity index (χ0v) is 10.0. The van der Waals surface area contributed by atoms with Gasteiger partial charge in [-0.05, 0) is 51.6 Å².